The van der Waals surface area contributed by atoms with Crippen molar-refractivity contribution < 1.29 is 18.7 Å². The molecule has 0 aliphatic carbocycles. The van der Waals surface area contributed by atoms with E-state index in [0.717, 1.165) is 11.4 Å². The van der Waals surface area contributed by atoms with Crippen molar-refractivity contribution >= 4 is 11.7 Å². The van der Waals surface area contributed by atoms with Gasteiger partial charge in [0, 0.05) is 37.3 Å². The molecule has 0 radical (unpaired) electrons. The number of amides is 1. The fraction of sp³-hybridized carbons (Fsp3) is 0.261. The number of ether oxygens (including phenoxy) is 2. The standard InChI is InChI=1S/C23H21FN4O3/c1-15-11-19(16-3-2-4-18(24)12-16)25-26-22(15)27-7-9-28(10-8-27)23(29)17-5-6-20-21(13-17)31-14-30-20/h2-6,11-13H,7-10,14H2,1H3. The molecular weight excluding hydrogens is 399 g/mol. The van der Waals surface area contributed by atoms with Gasteiger partial charge in [0.15, 0.2) is 17.3 Å². The van der Waals surface area contributed by atoms with Crippen LogP contribution in [0.15, 0.2) is 48.5 Å². The number of halogens is 1. The van der Waals surface area contributed by atoms with Crippen LogP contribution in [0.2, 0.25) is 0 Å². The van der Waals surface area contributed by atoms with Crippen molar-refractivity contribution in [3.05, 3.63) is 65.5 Å². The van der Waals surface area contributed by atoms with Gasteiger partial charge in [0.25, 0.3) is 5.91 Å². The lowest BCUT2D eigenvalue weighted by molar-refractivity contribution is 0.0746. The quantitative estimate of drug-likeness (QED) is 0.648. The lowest BCUT2D eigenvalue weighted by Crippen LogP contribution is -2.49. The topological polar surface area (TPSA) is 67.8 Å². The number of rotatable bonds is 3. The van der Waals surface area contributed by atoms with E-state index in [1.807, 2.05) is 24.0 Å². The first-order valence-corrected chi connectivity index (χ1v) is 10.1. The van der Waals surface area contributed by atoms with Gasteiger partial charge in [-0.25, -0.2) is 4.39 Å². The summed E-state index contributed by atoms with van der Waals surface area (Å²) in [5.74, 6) is 1.73. The zero-order chi connectivity index (χ0) is 21.4. The first kappa shape index (κ1) is 19.3. The number of hydrogen-bond donors (Lipinski definition) is 0. The molecule has 3 heterocycles. The van der Waals surface area contributed by atoms with Crippen molar-refractivity contribution in [3.63, 3.8) is 0 Å². The van der Waals surface area contributed by atoms with Gasteiger partial charge in [-0.15, -0.1) is 10.2 Å². The molecule has 7 nitrogen and oxygen atoms in total. The number of nitrogens with zero attached hydrogens (tertiary/aromatic N) is 4. The van der Waals surface area contributed by atoms with E-state index < -0.39 is 0 Å². The smallest absolute Gasteiger partial charge is 0.254 e. The van der Waals surface area contributed by atoms with Crippen LogP contribution in [0.3, 0.4) is 0 Å². The Labute approximate surface area is 179 Å². The van der Waals surface area contributed by atoms with Gasteiger partial charge in [-0.1, -0.05) is 12.1 Å². The van der Waals surface area contributed by atoms with E-state index in [0.29, 0.717) is 54.5 Å². The molecule has 8 heteroatoms. The molecule has 1 aromatic heterocycles. The Hall–Kier alpha value is -3.68. The van der Waals surface area contributed by atoms with Crippen LogP contribution in [0.5, 0.6) is 11.5 Å². The number of carbonyl (C=O) groups excluding carboxylic acids is 1. The van der Waals surface area contributed by atoms with E-state index in [1.165, 1.54) is 12.1 Å². The van der Waals surface area contributed by atoms with E-state index >= 15 is 0 Å². The van der Waals surface area contributed by atoms with Gasteiger partial charge in [0.2, 0.25) is 6.79 Å². The Balaban J connectivity index is 1.26. The van der Waals surface area contributed by atoms with Gasteiger partial charge in [0.1, 0.15) is 5.82 Å². The molecule has 31 heavy (non-hydrogen) atoms. The molecule has 0 atom stereocenters. The molecule has 0 N–H and O–H groups in total. The Morgan fingerprint density at radius 3 is 2.55 bits per heavy atom. The van der Waals surface area contributed by atoms with E-state index in [1.54, 1.807) is 24.3 Å². The lowest BCUT2D eigenvalue weighted by Gasteiger charge is -2.35. The molecule has 5 rings (SSSR count). The average molecular weight is 420 g/mol. The largest absolute Gasteiger partial charge is 0.454 e. The third-order valence-electron chi connectivity index (χ3n) is 5.56. The maximum Gasteiger partial charge on any atom is 0.254 e. The fourth-order valence-electron chi connectivity index (χ4n) is 3.91. The average Bonchev–Trinajstić information content (AvgIpc) is 3.27. The van der Waals surface area contributed by atoms with Gasteiger partial charge in [-0.3, -0.25) is 4.79 Å². The zero-order valence-electron chi connectivity index (χ0n) is 17.0. The van der Waals surface area contributed by atoms with Crippen LogP contribution < -0.4 is 14.4 Å². The third-order valence-corrected chi connectivity index (χ3v) is 5.56. The summed E-state index contributed by atoms with van der Waals surface area (Å²) in [6.07, 6.45) is 0. The molecule has 0 saturated carbocycles. The molecule has 158 valence electrons. The minimum atomic E-state index is -0.302. The third kappa shape index (κ3) is 3.76. The molecule has 1 amide bonds. The van der Waals surface area contributed by atoms with Gasteiger partial charge < -0.3 is 19.3 Å². The summed E-state index contributed by atoms with van der Waals surface area (Å²) in [7, 11) is 0. The zero-order valence-corrected chi connectivity index (χ0v) is 17.0. The number of aryl methyl sites for hydroxylation is 1. The van der Waals surface area contributed by atoms with Crippen molar-refractivity contribution in [2.24, 2.45) is 0 Å². The van der Waals surface area contributed by atoms with Crippen LogP contribution in [0.4, 0.5) is 10.2 Å². The van der Waals surface area contributed by atoms with E-state index in [4.69, 9.17) is 9.47 Å². The van der Waals surface area contributed by atoms with Crippen molar-refractivity contribution in [1.82, 2.24) is 15.1 Å². The summed E-state index contributed by atoms with van der Waals surface area (Å²) >= 11 is 0. The molecule has 3 aromatic rings. The SMILES string of the molecule is Cc1cc(-c2cccc(F)c2)nnc1N1CCN(C(=O)c2ccc3c(c2)OCO3)CC1. The summed E-state index contributed by atoms with van der Waals surface area (Å²) in [4.78, 5) is 16.8. The second-order valence-electron chi connectivity index (χ2n) is 7.59. The van der Waals surface area contributed by atoms with Gasteiger partial charge in [0.05, 0.1) is 5.69 Å². The Bertz CT molecular complexity index is 1150. The summed E-state index contributed by atoms with van der Waals surface area (Å²) in [6.45, 7) is 4.64. The summed E-state index contributed by atoms with van der Waals surface area (Å²) < 4.78 is 24.2. The highest BCUT2D eigenvalue weighted by Crippen LogP contribution is 2.33. The predicted molar refractivity (Wildman–Crippen MR) is 113 cm³/mol. The number of piperazine rings is 1. The monoisotopic (exact) mass is 420 g/mol. The number of anilines is 1. The number of aromatic nitrogens is 2. The minimum absolute atomic E-state index is 0.0257. The Kier molecular flexibility index (Phi) is 4.89. The Morgan fingerprint density at radius 1 is 0.968 bits per heavy atom. The number of benzene rings is 2. The van der Waals surface area contributed by atoms with Crippen molar-refractivity contribution in [2.45, 2.75) is 6.92 Å². The molecule has 0 bridgehead atoms. The first-order chi connectivity index (χ1) is 15.1. The second kappa shape index (κ2) is 7.86. The number of hydrogen-bond acceptors (Lipinski definition) is 6. The van der Waals surface area contributed by atoms with E-state index in [9.17, 15) is 9.18 Å². The maximum atomic E-state index is 13.5. The first-order valence-electron chi connectivity index (χ1n) is 10.1. The highest BCUT2D eigenvalue weighted by molar-refractivity contribution is 5.95. The molecule has 0 unspecified atom stereocenters. The van der Waals surface area contributed by atoms with Gasteiger partial charge >= 0.3 is 0 Å². The minimum Gasteiger partial charge on any atom is -0.454 e. The lowest BCUT2D eigenvalue weighted by atomic mass is 10.1. The molecule has 1 fully saturated rings. The normalized spacial score (nSPS) is 15.3. The van der Waals surface area contributed by atoms with Crippen molar-refractivity contribution in [1.29, 1.82) is 0 Å². The molecule has 2 aliphatic rings. The summed E-state index contributed by atoms with van der Waals surface area (Å²) in [5, 5.41) is 8.69. The van der Waals surface area contributed by atoms with Crippen molar-refractivity contribution in [2.75, 3.05) is 37.9 Å². The molecule has 2 aromatic carbocycles. The predicted octanol–water partition coefficient (Wildman–Crippen LogP) is 3.28. The van der Waals surface area contributed by atoms with Crippen LogP contribution >= 0.6 is 0 Å². The molecule has 1 saturated heterocycles. The van der Waals surface area contributed by atoms with E-state index in [-0.39, 0.29) is 18.5 Å². The maximum absolute atomic E-state index is 13.5. The highest BCUT2D eigenvalue weighted by Gasteiger charge is 2.25. The highest BCUT2D eigenvalue weighted by atomic mass is 19.1. The number of carbonyl (C=O) groups is 1. The molecular formula is C23H21FN4O3. The van der Waals surface area contributed by atoms with Gasteiger partial charge in [-0.2, -0.15) is 0 Å². The fourth-order valence-corrected chi connectivity index (χ4v) is 3.91. The summed E-state index contributed by atoms with van der Waals surface area (Å²) in [5.41, 5.74) is 2.89. The van der Waals surface area contributed by atoms with Crippen LogP contribution in [0.1, 0.15) is 15.9 Å². The molecule has 2 aliphatic heterocycles. The molecule has 0 spiro atoms. The van der Waals surface area contributed by atoms with Crippen molar-refractivity contribution in [3.8, 4) is 22.8 Å². The van der Waals surface area contributed by atoms with Gasteiger partial charge in [-0.05, 0) is 48.9 Å². The number of fused-ring (bicyclic) bond motifs is 1. The van der Waals surface area contributed by atoms with Crippen LogP contribution in [0, 0.1) is 12.7 Å². The van der Waals surface area contributed by atoms with Crippen LogP contribution in [0.25, 0.3) is 11.3 Å². The second-order valence-corrected chi connectivity index (χ2v) is 7.59. The van der Waals surface area contributed by atoms with E-state index in [2.05, 4.69) is 15.1 Å². The van der Waals surface area contributed by atoms with Crippen LogP contribution in [-0.4, -0.2) is 54.0 Å². The van der Waals surface area contributed by atoms with Crippen LogP contribution in [-0.2, 0) is 0 Å². The summed E-state index contributed by atoms with van der Waals surface area (Å²) in [6, 6.07) is 13.5. The Morgan fingerprint density at radius 2 is 1.77 bits per heavy atom.